The second-order valence-corrected chi connectivity index (χ2v) is 7.03. The lowest BCUT2D eigenvalue weighted by molar-refractivity contribution is -0.120. The summed E-state index contributed by atoms with van der Waals surface area (Å²) in [6, 6.07) is 15.4. The summed E-state index contributed by atoms with van der Waals surface area (Å²) in [5.41, 5.74) is 0.405. The van der Waals surface area contributed by atoms with E-state index < -0.39 is 0 Å². The zero-order valence-electron chi connectivity index (χ0n) is 15.0. The Balaban J connectivity index is 1.48. The van der Waals surface area contributed by atoms with Crippen molar-refractivity contribution in [3.63, 3.8) is 0 Å². The summed E-state index contributed by atoms with van der Waals surface area (Å²) in [6.07, 6.45) is 2.09. The average molecular weight is 383 g/mol. The Morgan fingerprint density at radius 2 is 1.93 bits per heavy atom. The molecule has 3 rings (SSSR count). The fraction of sp³-hybridized carbons (Fsp3) is 0.263. The predicted octanol–water partition coefficient (Wildman–Crippen LogP) is 1.94. The molecule has 0 spiro atoms. The molecule has 0 aliphatic heterocycles. The van der Waals surface area contributed by atoms with Gasteiger partial charge in [0.15, 0.2) is 5.82 Å². The van der Waals surface area contributed by atoms with Crippen LogP contribution in [0.15, 0.2) is 64.4 Å². The third-order valence-electron chi connectivity index (χ3n) is 3.92. The van der Waals surface area contributed by atoms with Crippen LogP contribution in [0.4, 0.5) is 0 Å². The third-order valence-corrected chi connectivity index (χ3v) is 4.94. The van der Waals surface area contributed by atoms with Crippen molar-refractivity contribution in [1.29, 1.82) is 0 Å². The molecule has 0 saturated carbocycles. The van der Waals surface area contributed by atoms with Crippen LogP contribution in [0.2, 0.25) is 0 Å². The van der Waals surface area contributed by atoms with E-state index in [2.05, 4.69) is 15.4 Å². The van der Waals surface area contributed by atoms with Crippen LogP contribution in [-0.2, 0) is 18.4 Å². The fourth-order valence-electron chi connectivity index (χ4n) is 2.52. The van der Waals surface area contributed by atoms with Crippen LogP contribution in [0.25, 0.3) is 11.5 Å². The SMILES string of the molecule is Cn1c(-c2ccccn2)nn(CCNC(=O)CCSc2ccccc2)c1=O. The molecule has 0 atom stereocenters. The zero-order chi connectivity index (χ0) is 19.1. The highest BCUT2D eigenvalue weighted by atomic mass is 32.2. The Morgan fingerprint density at radius 3 is 2.67 bits per heavy atom. The van der Waals surface area contributed by atoms with Crippen molar-refractivity contribution in [3.8, 4) is 11.5 Å². The number of rotatable bonds is 8. The number of hydrogen-bond acceptors (Lipinski definition) is 5. The van der Waals surface area contributed by atoms with Gasteiger partial charge in [-0.3, -0.25) is 14.3 Å². The smallest absolute Gasteiger partial charge is 0.346 e. The van der Waals surface area contributed by atoms with Gasteiger partial charge in [0.25, 0.3) is 0 Å². The normalized spacial score (nSPS) is 10.7. The van der Waals surface area contributed by atoms with Gasteiger partial charge in [0.1, 0.15) is 5.69 Å². The summed E-state index contributed by atoms with van der Waals surface area (Å²) in [6.45, 7) is 0.671. The maximum absolute atomic E-state index is 12.3. The summed E-state index contributed by atoms with van der Waals surface area (Å²) < 4.78 is 2.81. The summed E-state index contributed by atoms with van der Waals surface area (Å²) in [4.78, 5) is 29.6. The number of pyridine rings is 1. The maximum atomic E-state index is 12.3. The Bertz CT molecular complexity index is 938. The Hall–Kier alpha value is -2.87. The van der Waals surface area contributed by atoms with Crippen LogP contribution in [0, 0.1) is 0 Å². The van der Waals surface area contributed by atoms with Crippen molar-refractivity contribution in [2.75, 3.05) is 12.3 Å². The number of aromatic nitrogens is 4. The molecule has 7 nitrogen and oxygen atoms in total. The van der Waals surface area contributed by atoms with E-state index >= 15 is 0 Å². The van der Waals surface area contributed by atoms with E-state index in [1.54, 1.807) is 31.1 Å². The summed E-state index contributed by atoms with van der Waals surface area (Å²) in [7, 11) is 1.66. The van der Waals surface area contributed by atoms with Crippen LogP contribution in [0.3, 0.4) is 0 Å². The number of carbonyl (C=O) groups excluding carboxylic acids is 1. The first-order valence-corrected chi connectivity index (χ1v) is 9.63. The van der Waals surface area contributed by atoms with Crippen molar-refractivity contribution in [3.05, 3.63) is 65.2 Å². The van der Waals surface area contributed by atoms with Gasteiger partial charge in [-0.2, -0.15) is 0 Å². The monoisotopic (exact) mass is 383 g/mol. The lowest BCUT2D eigenvalue weighted by atomic mass is 10.3. The predicted molar refractivity (Wildman–Crippen MR) is 105 cm³/mol. The third kappa shape index (κ3) is 5.07. The van der Waals surface area contributed by atoms with Gasteiger partial charge in [0.05, 0.1) is 6.54 Å². The van der Waals surface area contributed by atoms with Crippen LogP contribution in [0.5, 0.6) is 0 Å². The number of thioether (sulfide) groups is 1. The second-order valence-electron chi connectivity index (χ2n) is 5.86. The van der Waals surface area contributed by atoms with E-state index in [1.807, 2.05) is 42.5 Å². The highest BCUT2D eigenvalue weighted by molar-refractivity contribution is 7.99. The van der Waals surface area contributed by atoms with Crippen molar-refractivity contribution in [1.82, 2.24) is 24.6 Å². The van der Waals surface area contributed by atoms with Gasteiger partial charge in [-0.05, 0) is 24.3 Å². The lowest BCUT2D eigenvalue weighted by Gasteiger charge is -2.05. The molecule has 140 valence electrons. The highest BCUT2D eigenvalue weighted by Gasteiger charge is 2.12. The minimum Gasteiger partial charge on any atom is -0.354 e. The summed E-state index contributed by atoms with van der Waals surface area (Å²) in [5, 5.41) is 7.16. The van der Waals surface area contributed by atoms with Gasteiger partial charge in [-0.25, -0.2) is 9.48 Å². The Morgan fingerprint density at radius 1 is 1.15 bits per heavy atom. The number of carbonyl (C=O) groups is 1. The van der Waals surface area contributed by atoms with Gasteiger partial charge >= 0.3 is 5.69 Å². The van der Waals surface area contributed by atoms with Crippen molar-refractivity contribution in [2.45, 2.75) is 17.9 Å². The van der Waals surface area contributed by atoms with Gasteiger partial charge in [-0.15, -0.1) is 16.9 Å². The van der Waals surface area contributed by atoms with E-state index in [0.29, 0.717) is 36.8 Å². The molecule has 1 N–H and O–H groups in total. The zero-order valence-corrected chi connectivity index (χ0v) is 15.9. The van der Waals surface area contributed by atoms with E-state index in [-0.39, 0.29) is 11.6 Å². The lowest BCUT2D eigenvalue weighted by Crippen LogP contribution is -2.31. The molecule has 27 heavy (non-hydrogen) atoms. The Labute approximate surface area is 161 Å². The molecular formula is C19H21N5O2S. The standard InChI is InChI=1S/C19H21N5O2S/c1-23-18(16-9-5-6-11-20-16)22-24(19(23)26)13-12-21-17(25)10-14-27-15-7-3-2-4-8-15/h2-9,11H,10,12-14H2,1H3,(H,21,25). The number of benzene rings is 1. The number of nitrogens with one attached hydrogen (secondary N) is 1. The first kappa shape index (κ1) is 18.9. The number of amides is 1. The molecule has 0 unspecified atom stereocenters. The van der Waals surface area contributed by atoms with Crippen molar-refractivity contribution >= 4 is 17.7 Å². The molecular weight excluding hydrogens is 362 g/mol. The maximum Gasteiger partial charge on any atom is 0.346 e. The molecule has 3 aromatic rings. The second kappa shape index (κ2) is 9.18. The molecule has 8 heteroatoms. The fourth-order valence-corrected chi connectivity index (χ4v) is 3.39. The topological polar surface area (TPSA) is 81.8 Å². The minimum atomic E-state index is -0.232. The molecule has 1 aromatic carbocycles. The molecule has 1 amide bonds. The summed E-state index contributed by atoms with van der Waals surface area (Å²) >= 11 is 1.65. The van der Waals surface area contributed by atoms with Crippen LogP contribution < -0.4 is 11.0 Å². The molecule has 0 aliphatic carbocycles. The number of nitrogens with zero attached hydrogens (tertiary/aromatic N) is 4. The van der Waals surface area contributed by atoms with E-state index in [9.17, 15) is 9.59 Å². The molecule has 0 saturated heterocycles. The van der Waals surface area contributed by atoms with Gasteiger partial charge < -0.3 is 5.32 Å². The van der Waals surface area contributed by atoms with Gasteiger partial charge in [0.2, 0.25) is 5.91 Å². The first-order chi connectivity index (χ1) is 13.1. The molecule has 2 aromatic heterocycles. The number of hydrogen-bond donors (Lipinski definition) is 1. The molecule has 0 fully saturated rings. The summed E-state index contributed by atoms with van der Waals surface area (Å²) in [5.74, 6) is 1.18. The van der Waals surface area contributed by atoms with Crippen LogP contribution in [0.1, 0.15) is 6.42 Å². The van der Waals surface area contributed by atoms with Gasteiger partial charge in [0, 0.05) is 36.9 Å². The molecule has 0 radical (unpaired) electrons. The van der Waals surface area contributed by atoms with Crippen molar-refractivity contribution in [2.24, 2.45) is 7.05 Å². The molecule has 0 bridgehead atoms. The van der Waals surface area contributed by atoms with Gasteiger partial charge in [-0.1, -0.05) is 24.3 Å². The van der Waals surface area contributed by atoms with E-state index in [0.717, 1.165) is 4.90 Å². The van der Waals surface area contributed by atoms with Crippen LogP contribution >= 0.6 is 11.8 Å². The molecule has 0 aliphatic rings. The first-order valence-electron chi connectivity index (χ1n) is 8.65. The largest absolute Gasteiger partial charge is 0.354 e. The van der Waals surface area contributed by atoms with Crippen molar-refractivity contribution < 1.29 is 4.79 Å². The van der Waals surface area contributed by atoms with Crippen LogP contribution in [-0.4, -0.2) is 37.5 Å². The highest BCUT2D eigenvalue weighted by Crippen LogP contribution is 2.17. The Kier molecular flexibility index (Phi) is 6.43. The quantitative estimate of drug-likeness (QED) is 0.601. The molecule has 2 heterocycles. The van der Waals surface area contributed by atoms with E-state index in [4.69, 9.17) is 0 Å². The van der Waals surface area contributed by atoms with E-state index in [1.165, 1.54) is 9.25 Å². The average Bonchev–Trinajstić information content (AvgIpc) is 2.98. The minimum absolute atomic E-state index is 0.0349.